The van der Waals surface area contributed by atoms with Crippen molar-refractivity contribution in [1.82, 2.24) is 5.32 Å². The lowest BCUT2D eigenvalue weighted by Gasteiger charge is -2.11. The number of thiocarbonyl (C=S) groups is 1. The molecular weight excluding hydrogens is 296 g/mol. The molecule has 4 nitrogen and oxygen atoms in total. The first-order valence-electron chi connectivity index (χ1n) is 6.98. The van der Waals surface area contributed by atoms with Gasteiger partial charge in [-0.1, -0.05) is 12.1 Å². The van der Waals surface area contributed by atoms with Crippen LogP contribution in [0.5, 0.6) is 5.75 Å². The highest BCUT2D eigenvalue weighted by atomic mass is 32.1. The van der Waals surface area contributed by atoms with E-state index in [-0.39, 0.29) is 11.5 Å². The molecule has 0 aliphatic rings. The lowest BCUT2D eigenvalue weighted by molar-refractivity contribution is 0.101. The van der Waals surface area contributed by atoms with Gasteiger partial charge in [0.25, 0.3) is 0 Å². The second-order valence-electron chi connectivity index (χ2n) is 4.93. The molecule has 0 fully saturated rings. The van der Waals surface area contributed by atoms with E-state index in [1.165, 1.54) is 6.92 Å². The molecule has 2 aromatic carbocycles. The fourth-order valence-electron chi connectivity index (χ4n) is 1.95. The molecule has 114 valence electrons. The van der Waals surface area contributed by atoms with Crippen molar-refractivity contribution in [3.8, 4) is 5.75 Å². The first-order valence-corrected chi connectivity index (χ1v) is 7.39. The normalized spacial score (nSPS) is 10.0. The van der Waals surface area contributed by atoms with E-state index >= 15 is 0 Å². The standard InChI is InChI=1S/C17H18N2O2S/c1-12(20)14-4-6-15(7-5-14)19-17(22)18-11-10-13-2-8-16(21)9-3-13/h2-9,21H,10-11H2,1H3,(H2,18,19,22). The van der Waals surface area contributed by atoms with Gasteiger partial charge in [-0.25, -0.2) is 0 Å². The summed E-state index contributed by atoms with van der Waals surface area (Å²) in [7, 11) is 0. The Hall–Kier alpha value is -2.40. The zero-order valence-electron chi connectivity index (χ0n) is 12.3. The van der Waals surface area contributed by atoms with Crippen molar-refractivity contribution in [3.63, 3.8) is 0 Å². The minimum Gasteiger partial charge on any atom is -0.508 e. The van der Waals surface area contributed by atoms with Gasteiger partial charge in [0.15, 0.2) is 10.9 Å². The van der Waals surface area contributed by atoms with Gasteiger partial charge in [0.05, 0.1) is 0 Å². The van der Waals surface area contributed by atoms with Gasteiger partial charge in [-0.05, 0) is 67.5 Å². The molecule has 0 aromatic heterocycles. The number of aromatic hydroxyl groups is 1. The number of anilines is 1. The van der Waals surface area contributed by atoms with Crippen LogP contribution in [0.3, 0.4) is 0 Å². The van der Waals surface area contributed by atoms with Crippen LogP contribution in [0.1, 0.15) is 22.8 Å². The largest absolute Gasteiger partial charge is 0.508 e. The summed E-state index contributed by atoms with van der Waals surface area (Å²) in [5.74, 6) is 0.309. The van der Waals surface area contributed by atoms with Gasteiger partial charge < -0.3 is 15.7 Å². The maximum atomic E-state index is 11.2. The summed E-state index contributed by atoms with van der Waals surface area (Å²) in [6.45, 7) is 2.24. The van der Waals surface area contributed by atoms with E-state index in [1.54, 1.807) is 24.3 Å². The van der Waals surface area contributed by atoms with Crippen LogP contribution in [0, 0.1) is 0 Å². The van der Waals surface area contributed by atoms with Crippen LogP contribution in [0.25, 0.3) is 0 Å². The topological polar surface area (TPSA) is 61.4 Å². The minimum absolute atomic E-state index is 0.0427. The van der Waals surface area contributed by atoms with E-state index in [4.69, 9.17) is 12.2 Å². The summed E-state index contributed by atoms with van der Waals surface area (Å²) in [6.07, 6.45) is 0.811. The molecule has 2 aromatic rings. The highest BCUT2D eigenvalue weighted by molar-refractivity contribution is 7.80. The van der Waals surface area contributed by atoms with Gasteiger partial charge in [-0.2, -0.15) is 0 Å². The average Bonchev–Trinajstić information content (AvgIpc) is 2.50. The molecule has 0 bridgehead atoms. The van der Waals surface area contributed by atoms with Crippen molar-refractivity contribution < 1.29 is 9.90 Å². The molecule has 0 radical (unpaired) electrons. The van der Waals surface area contributed by atoms with Gasteiger partial charge in [0, 0.05) is 17.8 Å². The number of hydrogen-bond acceptors (Lipinski definition) is 3. The first kappa shape index (κ1) is 16.0. The summed E-state index contributed by atoms with van der Waals surface area (Å²) >= 11 is 5.23. The number of benzene rings is 2. The Labute approximate surface area is 135 Å². The monoisotopic (exact) mass is 314 g/mol. The van der Waals surface area contributed by atoms with E-state index in [0.717, 1.165) is 17.7 Å². The number of ketones is 1. The highest BCUT2D eigenvalue weighted by Gasteiger charge is 2.01. The Morgan fingerprint density at radius 2 is 1.73 bits per heavy atom. The molecule has 0 aliphatic carbocycles. The molecule has 0 aliphatic heterocycles. The van der Waals surface area contributed by atoms with Crippen LogP contribution < -0.4 is 10.6 Å². The number of phenols is 1. The Balaban J connectivity index is 1.77. The quantitative estimate of drug-likeness (QED) is 0.585. The van der Waals surface area contributed by atoms with Crippen LogP contribution in [-0.2, 0) is 6.42 Å². The van der Waals surface area contributed by atoms with Crippen LogP contribution in [-0.4, -0.2) is 22.5 Å². The van der Waals surface area contributed by atoms with Crippen molar-refractivity contribution in [2.75, 3.05) is 11.9 Å². The zero-order valence-corrected chi connectivity index (χ0v) is 13.1. The fraction of sp³-hybridized carbons (Fsp3) is 0.176. The molecule has 2 rings (SSSR count). The van der Waals surface area contributed by atoms with Crippen molar-refractivity contribution >= 4 is 28.8 Å². The third-order valence-corrected chi connectivity index (χ3v) is 3.43. The summed E-state index contributed by atoms with van der Waals surface area (Å²) in [5, 5.41) is 16.0. The minimum atomic E-state index is 0.0427. The highest BCUT2D eigenvalue weighted by Crippen LogP contribution is 2.11. The Morgan fingerprint density at radius 1 is 1.09 bits per heavy atom. The molecule has 0 heterocycles. The smallest absolute Gasteiger partial charge is 0.170 e. The van der Waals surface area contributed by atoms with Crippen LogP contribution in [0.15, 0.2) is 48.5 Å². The number of phenolic OH excluding ortho intramolecular Hbond substituents is 1. The predicted molar refractivity (Wildman–Crippen MR) is 92.5 cm³/mol. The first-order chi connectivity index (χ1) is 10.5. The molecule has 0 saturated carbocycles. The van der Waals surface area contributed by atoms with E-state index in [9.17, 15) is 9.90 Å². The number of carbonyl (C=O) groups excluding carboxylic acids is 1. The summed E-state index contributed by atoms with van der Waals surface area (Å²) in [6, 6.07) is 14.3. The van der Waals surface area contributed by atoms with Gasteiger partial charge in [0.2, 0.25) is 0 Å². The molecule has 0 atom stereocenters. The SMILES string of the molecule is CC(=O)c1ccc(NC(=S)NCCc2ccc(O)cc2)cc1. The average molecular weight is 314 g/mol. The number of nitrogens with one attached hydrogen (secondary N) is 2. The Bertz CT molecular complexity index is 651. The third-order valence-electron chi connectivity index (χ3n) is 3.18. The van der Waals surface area contributed by atoms with Crippen LogP contribution in [0.2, 0.25) is 0 Å². The zero-order chi connectivity index (χ0) is 15.9. The molecule has 3 N–H and O–H groups in total. The predicted octanol–water partition coefficient (Wildman–Crippen LogP) is 3.12. The van der Waals surface area contributed by atoms with E-state index in [1.807, 2.05) is 24.3 Å². The molecule has 22 heavy (non-hydrogen) atoms. The van der Waals surface area contributed by atoms with Crippen molar-refractivity contribution in [2.45, 2.75) is 13.3 Å². The lowest BCUT2D eigenvalue weighted by Crippen LogP contribution is -2.30. The molecule has 0 saturated heterocycles. The fourth-order valence-corrected chi connectivity index (χ4v) is 2.17. The number of rotatable bonds is 5. The Kier molecular flexibility index (Phi) is 5.49. The molecule has 0 amide bonds. The lowest BCUT2D eigenvalue weighted by atomic mass is 10.1. The van der Waals surface area contributed by atoms with Crippen molar-refractivity contribution in [2.24, 2.45) is 0 Å². The summed E-state index contributed by atoms with van der Waals surface area (Å²) < 4.78 is 0. The van der Waals surface area contributed by atoms with Crippen LogP contribution in [0.4, 0.5) is 5.69 Å². The van der Waals surface area contributed by atoms with E-state index in [2.05, 4.69) is 10.6 Å². The number of hydrogen-bond donors (Lipinski definition) is 3. The Morgan fingerprint density at radius 3 is 2.32 bits per heavy atom. The second kappa shape index (κ2) is 7.56. The maximum absolute atomic E-state index is 11.2. The third kappa shape index (κ3) is 4.86. The summed E-state index contributed by atoms with van der Waals surface area (Å²) in [5.41, 5.74) is 2.64. The number of Topliss-reactive ketones (excluding diaryl/α,β-unsaturated/α-hetero) is 1. The van der Waals surface area contributed by atoms with Gasteiger partial charge in [-0.3, -0.25) is 4.79 Å². The summed E-state index contributed by atoms with van der Waals surface area (Å²) in [4.78, 5) is 11.2. The maximum Gasteiger partial charge on any atom is 0.170 e. The van der Waals surface area contributed by atoms with Crippen molar-refractivity contribution in [1.29, 1.82) is 0 Å². The van der Waals surface area contributed by atoms with Crippen molar-refractivity contribution in [3.05, 3.63) is 59.7 Å². The molecule has 0 spiro atoms. The van der Waals surface area contributed by atoms with E-state index < -0.39 is 0 Å². The second-order valence-corrected chi connectivity index (χ2v) is 5.34. The van der Waals surface area contributed by atoms with Gasteiger partial charge in [-0.15, -0.1) is 0 Å². The molecular formula is C17H18N2O2S. The van der Waals surface area contributed by atoms with Gasteiger partial charge in [0.1, 0.15) is 5.75 Å². The van der Waals surface area contributed by atoms with Crippen LogP contribution >= 0.6 is 12.2 Å². The number of carbonyl (C=O) groups is 1. The molecule has 5 heteroatoms. The van der Waals surface area contributed by atoms with Gasteiger partial charge >= 0.3 is 0 Å². The molecule has 0 unspecified atom stereocenters. The van der Waals surface area contributed by atoms with E-state index in [0.29, 0.717) is 17.2 Å².